The molecule has 2 aliphatic carbocycles. The van der Waals surface area contributed by atoms with Crippen molar-refractivity contribution in [2.45, 2.75) is 91.9 Å². The van der Waals surface area contributed by atoms with Crippen LogP contribution < -0.4 is 0 Å². The molecule has 4 rings (SSSR count). The van der Waals surface area contributed by atoms with E-state index in [-0.39, 0.29) is 0 Å². The van der Waals surface area contributed by atoms with Crippen molar-refractivity contribution in [2.24, 2.45) is 35.5 Å². The van der Waals surface area contributed by atoms with Crippen molar-refractivity contribution in [1.29, 1.82) is 0 Å². The summed E-state index contributed by atoms with van der Waals surface area (Å²) >= 11 is 0. The van der Waals surface area contributed by atoms with Crippen LogP contribution in [-0.4, -0.2) is 0 Å². The Labute approximate surface area is 166 Å². The quantitative estimate of drug-likeness (QED) is 0.529. The third kappa shape index (κ3) is 3.56. The van der Waals surface area contributed by atoms with Crippen LogP contribution in [0.2, 0.25) is 0 Å². The van der Waals surface area contributed by atoms with Gasteiger partial charge in [-0.15, -0.1) is 0 Å². The first-order valence-corrected chi connectivity index (χ1v) is 11.7. The lowest BCUT2D eigenvalue weighted by atomic mass is 9.65. The molecule has 0 saturated heterocycles. The van der Waals surface area contributed by atoms with E-state index in [1.165, 1.54) is 44.1 Å². The molecule has 27 heavy (non-hydrogen) atoms. The predicted octanol–water partition coefficient (Wildman–Crippen LogP) is 8.22. The van der Waals surface area contributed by atoms with Crippen molar-refractivity contribution in [3.8, 4) is 0 Å². The molecule has 0 aromatic carbocycles. The van der Waals surface area contributed by atoms with Crippen LogP contribution in [0.1, 0.15) is 103 Å². The molecular weight excluding hydrogens is 328 g/mol. The number of hydrogen-bond donors (Lipinski definition) is 0. The van der Waals surface area contributed by atoms with Crippen LogP contribution in [0.15, 0.2) is 16.5 Å². The van der Waals surface area contributed by atoms with Crippen LogP contribution in [-0.2, 0) is 0 Å². The molecular formula is C26H40O. The molecule has 6 unspecified atom stereocenters. The third-order valence-electron chi connectivity index (χ3n) is 8.18. The van der Waals surface area contributed by atoms with E-state index >= 15 is 0 Å². The van der Waals surface area contributed by atoms with Gasteiger partial charge in [0.1, 0.15) is 11.2 Å². The predicted molar refractivity (Wildman–Crippen MR) is 116 cm³/mol. The smallest absolute Gasteiger partial charge is 0.134 e. The molecule has 0 amide bonds. The van der Waals surface area contributed by atoms with Crippen molar-refractivity contribution in [1.82, 2.24) is 0 Å². The molecule has 1 nitrogen and oxygen atoms in total. The highest BCUT2D eigenvalue weighted by Gasteiger charge is 2.38. The van der Waals surface area contributed by atoms with E-state index in [4.69, 9.17) is 4.42 Å². The van der Waals surface area contributed by atoms with Crippen LogP contribution in [0.4, 0.5) is 0 Å². The van der Waals surface area contributed by atoms with Gasteiger partial charge in [-0.1, -0.05) is 54.4 Å². The SMILES string of the molecule is CC1CCC(C(C)C)C(c2cc3cc(C4CC(C)CCC4C(C)C)c2o3)C1. The van der Waals surface area contributed by atoms with Crippen molar-refractivity contribution >= 4 is 11.2 Å². The van der Waals surface area contributed by atoms with E-state index in [0.29, 0.717) is 11.8 Å². The minimum atomic E-state index is 0.698. The summed E-state index contributed by atoms with van der Waals surface area (Å²) in [5.41, 5.74) is 5.55. The summed E-state index contributed by atoms with van der Waals surface area (Å²) in [7, 11) is 0. The summed E-state index contributed by atoms with van der Waals surface area (Å²) in [6.07, 6.45) is 8.26. The molecule has 6 atom stereocenters. The molecule has 0 spiro atoms. The summed E-state index contributed by atoms with van der Waals surface area (Å²) < 4.78 is 6.38. The van der Waals surface area contributed by atoms with Gasteiger partial charge in [-0.05, 0) is 85.2 Å². The topological polar surface area (TPSA) is 13.1 Å². The maximum absolute atomic E-state index is 6.38. The van der Waals surface area contributed by atoms with Gasteiger partial charge in [-0.2, -0.15) is 0 Å². The highest BCUT2D eigenvalue weighted by molar-refractivity contribution is 5.73. The fourth-order valence-corrected chi connectivity index (χ4v) is 6.61. The largest absolute Gasteiger partial charge is 0.457 e. The molecule has 2 aromatic heterocycles. The molecule has 2 bridgehead atoms. The Morgan fingerprint density at radius 1 is 0.741 bits per heavy atom. The summed E-state index contributed by atoms with van der Waals surface area (Å²) in [6.45, 7) is 14.6. The minimum Gasteiger partial charge on any atom is -0.457 e. The van der Waals surface area contributed by atoms with Gasteiger partial charge in [-0.3, -0.25) is 0 Å². The van der Waals surface area contributed by atoms with Gasteiger partial charge in [0.2, 0.25) is 0 Å². The van der Waals surface area contributed by atoms with Crippen LogP contribution in [0.3, 0.4) is 0 Å². The van der Waals surface area contributed by atoms with E-state index in [1.54, 1.807) is 11.1 Å². The molecule has 2 aromatic rings. The molecule has 2 aliphatic rings. The summed E-state index contributed by atoms with van der Waals surface area (Å²) in [6, 6.07) is 4.79. The Bertz CT molecular complexity index is 682. The first kappa shape index (κ1) is 19.3. The highest BCUT2D eigenvalue weighted by atomic mass is 16.3. The van der Waals surface area contributed by atoms with Gasteiger partial charge in [-0.25, -0.2) is 0 Å². The highest BCUT2D eigenvalue weighted by Crippen LogP contribution is 2.51. The molecule has 2 saturated carbocycles. The van der Waals surface area contributed by atoms with Crippen LogP contribution in [0.25, 0.3) is 11.2 Å². The van der Waals surface area contributed by atoms with Crippen LogP contribution in [0, 0.1) is 35.5 Å². The zero-order chi connectivity index (χ0) is 19.3. The van der Waals surface area contributed by atoms with Crippen molar-refractivity contribution in [2.75, 3.05) is 0 Å². The maximum atomic E-state index is 6.38. The second-order valence-electron chi connectivity index (χ2n) is 10.9. The van der Waals surface area contributed by atoms with E-state index in [1.807, 2.05) is 0 Å². The molecule has 0 radical (unpaired) electrons. The molecule has 1 heteroatoms. The number of furan rings is 2. The second-order valence-corrected chi connectivity index (χ2v) is 10.9. The first-order valence-electron chi connectivity index (χ1n) is 11.7. The Morgan fingerprint density at radius 2 is 1.19 bits per heavy atom. The fourth-order valence-electron chi connectivity index (χ4n) is 6.61. The van der Waals surface area contributed by atoms with E-state index < -0.39 is 0 Å². The van der Waals surface area contributed by atoms with Gasteiger partial charge >= 0.3 is 0 Å². The maximum Gasteiger partial charge on any atom is 0.134 e. The zero-order valence-electron chi connectivity index (χ0n) is 18.4. The summed E-state index contributed by atoms with van der Waals surface area (Å²) in [4.78, 5) is 0. The van der Waals surface area contributed by atoms with Crippen molar-refractivity contribution in [3.63, 3.8) is 0 Å². The number of hydrogen-bond acceptors (Lipinski definition) is 1. The molecule has 2 fully saturated rings. The number of fused-ring (bicyclic) bond motifs is 2. The lowest BCUT2D eigenvalue weighted by Crippen LogP contribution is -2.27. The lowest BCUT2D eigenvalue weighted by molar-refractivity contribution is 0.194. The Morgan fingerprint density at radius 3 is 1.56 bits per heavy atom. The molecule has 2 heterocycles. The van der Waals surface area contributed by atoms with Crippen molar-refractivity contribution in [3.05, 3.63) is 23.3 Å². The number of rotatable bonds is 4. The zero-order valence-corrected chi connectivity index (χ0v) is 18.4. The number of benzene rings is 1. The first-order chi connectivity index (χ1) is 12.8. The normalized spacial score (nSPS) is 35.6. The van der Waals surface area contributed by atoms with E-state index in [9.17, 15) is 0 Å². The fraction of sp³-hybridized carbons (Fsp3) is 0.769. The third-order valence-corrected chi connectivity index (χ3v) is 8.18. The van der Waals surface area contributed by atoms with Gasteiger partial charge in [0.25, 0.3) is 0 Å². The van der Waals surface area contributed by atoms with Crippen LogP contribution in [0.5, 0.6) is 0 Å². The second kappa shape index (κ2) is 7.45. The average Bonchev–Trinajstić information content (AvgIpc) is 3.21. The molecule has 0 N–H and O–H groups in total. The Balaban J connectivity index is 1.71. The Kier molecular flexibility index (Phi) is 5.34. The molecule has 150 valence electrons. The van der Waals surface area contributed by atoms with E-state index in [2.05, 4.69) is 53.7 Å². The standard InChI is InChI=1S/C26H40O/c1-15(2)20-9-7-17(5)11-22(20)24-13-19-14-25(26(24)27-19)23-12-18(6)8-10-21(23)16(3)4/h13-18,20-23H,7-12H2,1-6H3. The average molecular weight is 369 g/mol. The van der Waals surface area contributed by atoms with Crippen molar-refractivity contribution < 1.29 is 4.42 Å². The van der Waals surface area contributed by atoms with E-state index in [0.717, 1.165) is 41.1 Å². The summed E-state index contributed by atoms with van der Waals surface area (Å²) in [5, 5.41) is 0. The molecule has 0 aliphatic heterocycles. The monoisotopic (exact) mass is 368 g/mol. The van der Waals surface area contributed by atoms with Gasteiger partial charge in [0, 0.05) is 11.1 Å². The Hall–Kier alpha value is -0.980. The lowest BCUT2D eigenvalue weighted by Gasteiger charge is -2.39. The van der Waals surface area contributed by atoms with Gasteiger partial charge in [0.05, 0.1) is 0 Å². The van der Waals surface area contributed by atoms with Gasteiger partial charge < -0.3 is 4.42 Å². The van der Waals surface area contributed by atoms with Gasteiger partial charge in [0.15, 0.2) is 0 Å². The van der Waals surface area contributed by atoms with Crippen LogP contribution >= 0.6 is 0 Å². The summed E-state index contributed by atoms with van der Waals surface area (Å²) in [5.74, 6) is 6.25. The minimum absolute atomic E-state index is 0.698.